The van der Waals surface area contributed by atoms with Crippen molar-refractivity contribution in [1.29, 1.82) is 0 Å². The normalized spacial score (nSPS) is 25.2. The van der Waals surface area contributed by atoms with Gasteiger partial charge in [-0.3, -0.25) is 23.7 Å². The van der Waals surface area contributed by atoms with Gasteiger partial charge in [0, 0.05) is 18.7 Å². The number of aromatic amines is 1. The van der Waals surface area contributed by atoms with Gasteiger partial charge in [0.2, 0.25) is 0 Å². The van der Waals surface area contributed by atoms with Crippen LogP contribution in [-0.2, 0) is 23.4 Å². The number of alkyl halides is 1. The molecule has 0 saturated carbocycles. The molecule has 2 heterocycles. The predicted octanol–water partition coefficient (Wildman–Crippen LogP) is 1.06. The molecular weight excluding hydrogens is 396 g/mol. The van der Waals surface area contributed by atoms with Crippen LogP contribution in [0.15, 0.2) is 21.9 Å². The molecule has 0 amide bonds. The fourth-order valence-corrected chi connectivity index (χ4v) is 2.66. The zero-order valence-electron chi connectivity index (χ0n) is 16.1. The molecule has 12 heteroatoms. The van der Waals surface area contributed by atoms with Crippen molar-refractivity contribution in [3.8, 4) is 0 Å². The molecule has 1 fully saturated rings. The molecule has 1 aliphatic rings. The number of hydrogen-bond acceptors (Lipinski definition) is 8. The van der Waals surface area contributed by atoms with E-state index < -0.39 is 44.0 Å². The number of esters is 1. The van der Waals surface area contributed by atoms with Crippen LogP contribution in [0, 0.1) is 0 Å². The topological polar surface area (TPSA) is 143 Å². The van der Waals surface area contributed by atoms with E-state index in [2.05, 4.69) is 4.52 Å². The molecule has 4 atom stereocenters. The van der Waals surface area contributed by atoms with Crippen LogP contribution in [0.1, 0.15) is 40.3 Å². The summed E-state index contributed by atoms with van der Waals surface area (Å²) in [6.07, 6.45) is -0.658. The van der Waals surface area contributed by atoms with Gasteiger partial charge in [-0.25, -0.2) is 13.8 Å². The molecule has 2 rings (SSSR count). The van der Waals surface area contributed by atoms with Gasteiger partial charge in [0.05, 0.1) is 18.8 Å². The first-order chi connectivity index (χ1) is 13.0. The standard InChI is InChI=1S/C10H12FN2O5P.C6H13NO2/c1-10(11)4-6(5-17-19-16)18-8(10)13-3-2-7(14)12-9(13)15;1-4(2)9-6(8)5(3)7/h2-3,6,8H,4-5H2,1H3,(H,12,14,15);4-5H,7H2,1-3H3/t6-,8+,10+;5-/m00/s1. The monoisotopic (exact) mass is 421 g/mol. The molecule has 3 N–H and O–H groups in total. The number of rotatable bonds is 6. The Bertz CT molecular complexity index is 778. The van der Waals surface area contributed by atoms with Crippen LogP contribution < -0.4 is 17.0 Å². The van der Waals surface area contributed by atoms with Crippen molar-refractivity contribution in [2.45, 2.75) is 64.3 Å². The van der Waals surface area contributed by atoms with Crippen LogP contribution >= 0.6 is 8.69 Å². The van der Waals surface area contributed by atoms with Gasteiger partial charge in [0.25, 0.3) is 5.56 Å². The number of halogens is 1. The summed E-state index contributed by atoms with van der Waals surface area (Å²) < 4.78 is 40.3. The Labute approximate surface area is 162 Å². The third-order valence-corrected chi connectivity index (χ3v) is 3.86. The van der Waals surface area contributed by atoms with Crippen molar-refractivity contribution >= 4 is 14.7 Å². The van der Waals surface area contributed by atoms with Gasteiger partial charge in [-0.2, -0.15) is 0 Å². The molecule has 0 aliphatic carbocycles. The Kier molecular flexibility index (Phi) is 9.09. The fourth-order valence-electron chi connectivity index (χ4n) is 2.44. The Balaban J connectivity index is 0.000000370. The van der Waals surface area contributed by atoms with Crippen LogP contribution in [0.4, 0.5) is 4.39 Å². The maximum atomic E-state index is 14.4. The van der Waals surface area contributed by atoms with Gasteiger partial charge in [0.15, 0.2) is 11.9 Å². The summed E-state index contributed by atoms with van der Waals surface area (Å²) in [6.45, 7) is 6.44. The molecule has 1 aromatic heterocycles. The Morgan fingerprint density at radius 2 is 2.14 bits per heavy atom. The van der Waals surface area contributed by atoms with Crippen LogP contribution in [0.5, 0.6) is 0 Å². The molecule has 0 bridgehead atoms. The molecule has 0 aromatic carbocycles. The van der Waals surface area contributed by atoms with Crippen molar-refractivity contribution in [2.75, 3.05) is 6.61 Å². The molecule has 1 aliphatic heterocycles. The first-order valence-electron chi connectivity index (χ1n) is 8.54. The average Bonchev–Trinajstić information content (AvgIpc) is 2.87. The lowest BCUT2D eigenvalue weighted by atomic mass is 10.0. The summed E-state index contributed by atoms with van der Waals surface area (Å²) in [5, 5.41) is 0. The van der Waals surface area contributed by atoms with E-state index in [0.29, 0.717) is 0 Å². The minimum atomic E-state index is -1.80. The SMILES string of the molecule is CC(C)OC(=O)[C@H](C)N.C[C@@]1(F)C[C@@H](COP=O)O[C@H]1n1ccc(=O)[nH]c1=O. The quantitative estimate of drug-likeness (QED) is 0.513. The molecule has 0 spiro atoms. The van der Waals surface area contributed by atoms with E-state index in [0.717, 1.165) is 10.6 Å². The maximum Gasteiger partial charge on any atom is 0.330 e. The highest BCUT2D eigenvalue weighted by Gasteiger charge is 2.47. The molecule has 1 saturated heterocycles. The number of nitrogens with zero attached hydrogens (tertiary/aromatic N) is 1. The van der Waals surface area contributed by atoms with E-state index in [9.17, 15) is 23.3 Å². The molecular formula is C16H25FN3O7P. The van der Waals surface area contributed by atoms with E-state index in [1.54, 1.807) is 20.8 Å². The van der Waals surface area contributed by atoms with Crippen molar-refractivity contribution < 1.29 is 27.7 Å². The highest BCUT2D eigenvalue weighted by atomic mass is 31.1. The summed E-state index contributed by atoms with van der Waals surface area (Å²) >= 11 is 0. The van der Waals surface area contributed by atoms with Gasteiger partial charge in [-0.05, 0) is 27.7 Å². The zero-order chi connectivity index (χ0) is 21.5. The van der Waals surface area contributed by atoms with Gasteiger partial charge >= 0.3 is 20.3 Å². The first kappa shape index (κ1) is 24.1. The van der Waals surface area contributed by atoms with E-state index >= 15 is 0 Å². The number of carbonyl (C=O) groups is 1. The van der Waals surface area contributed by atoms with Gasteiger partial charge in [-0.15, -0.1) is 0 Å². The summed E-state index contributed by atoms with van der Waals surface area (Å²) in [5.74, 6) is -0.343. The second-order valence-corrected chi connectivity index (χ2v) is 7.16. The van der Waals surface area contributed by atoms with E-state index in [4.69, 9.17) is 15.2 Å². The van der Waals surface area contributed by atoms with Crippen molar-refractivity contribution in [3.63, 3.8) is 0 Å². The number of nitrogens with two attached hydrogens (primary N) is 1. The lowest BCUT2D eigenvalue weighted by molar-refractivity contribution is -0.148. The zero-order valence-corrected chi connectivity index (χ0v) is 17.0. The Hall–Kier alpha value is -1.94. The van der Waals surface area contributed by atoms with Crippen LogP contribution in [-0.4, -0.2) is 46.0 Å². The van der Waals surface area contributed by atoms with Crippen LogP contribution in [0.3, 0.4) is 0 Å². The van der Waals surface area contributed by atoms with Crippen LogP contribution in [0.2, 0.25) is 0 Å². The maximum absolute atomic E-state index is 14.4. The molecule has 10 nitrogen and oxygen atoms in total. The summed E-state index contributed by atoms with van der Waals surface area (Å²) in [7, 11) is -0.513. The molecule has 1 aromatic rings. The lowest BCUT2D eigenvalue weighted by Crippen LogP contribution is -2.38. The lowest BCUT2D eigenvalue weighted by Gasteiger charge is -2.22. The van der Waals surface area contributed by atoms with Gasteiger partial charge in [0.1, 0.15) is 6.04 Å². The highest BCUT2D eigenvalue weighted by molar-refractivity contribution is 7.17. The number of H-pyrrole nitrogens is 1. The van der Waals surface area contributed by atoms with Gasteiger partial charge in [-0.1, -0.05) is 0 Å². The Morgan fingerprint density at radius 3 is 2.61 bits per heavy atom. The van der Waals surface area contributed by atoms with E-state index in [1.807, 2.05) is 4.98 Å². The fraction of sp³-hybridized carbons (Fsp3) is 0.688. The van der Waals surface area contributed by atoms with Crippen molar-refractivity contribution in [2.24, 2.45) is 5.73 Å². The number of aromatic nitrogens is 2. The van der Waals surface area contributed by atoms with Crippen molar-refractivity contribution in [3.05, 3.63) is 33.1 Å². The average molecular weight is 421 g/mol. The minimum absolute atomic E-state index is 0.00124. The molecule has 158 valence electrons. The molecule has 0 unspecified atom stereocenters. The molecule has 0 radical (unpaired) electrons. The number of nitrogens with one attached hydrogen (secondary N) is 1. The van der Waals surface area contributed by atoms with E-state index in [1.165, 1.54) is 13.1 Å². The second-order valence-electron chi connectivity index (χ2n) is 6.75. The predicted molar refractivity (Wildman–Crippen MR) is 97.8 cm³/mol. The summed E-state index contributed by atoms with van der Waals surface area (Å²) in [5.41, 5.74) is 2.10. The number of ether oxygens (including phenoxy) is 2. The first-order valence-corrected chi connectivity index (χ1v) is 9.27. The number of hydrogen-bond donors (Lipinski definition) is 2. The summed E-state index contributed by atoms with van der Waals surface area (Å²) in [4.78, 5) is 35.2. The number of carbonyl (C=O) groups excluding carboxylic acids is 1. The minimum Gasteiger partial charge on any atom is -0.462 e. The third kappa shape index (κ3) is 7.23. The Morgan fingerprint density at radius 1 is 1.50 bits per heavy atom. The van der Waals surface area contributed by atoms with Crippen LogP contribution in [0.25, 0.3) is 0 Å². The van der Waals surface area contributed by atoms with Crippen molar-refractivity contribution in [1.82, 2.24) is 9.55 Å². The smallest absolute Gasteiger partial charge is 0.330 e. The second kappa shape index (κ2) is 10.6. The van der Waals surface area contributed by atoms with E-state index in [-0.39, 0.29) is 25.1 Å². The summed E-state index contributed by atoms with van der Waals surface area (Å²) in [6, 6.07) is 0.605. The third-order valence-electron chi connectivity index (χ3n) is 3.60. The largest absolute Gasteiger partial charge is 0.462 e. The van der Waals surface area contributed by atoms with Gasteiger partial charge < -0.3 is 15.2 Å². The highest BCUT2D eigenvalue weighted by Crippen LogP contribution is 2.40. The molecule has 28 heavy (non-hydrogen) atoms.